The van der Waals surface area contributed by atoms with Gasteiger partial charge in [-0.3, -0.25) is 0 Å². The lowest BCUT2D eigenvalue weighted by molar-refractivity contribution is -0.394. The van der Waals surface area contributed by atoms with Crippen LogP contribution in [-0.2, 0) is 6.00 Å². The molecule has 0 bridgehead atoms. The summed E-state index contributed by atoms with van der Waals surface area (Å²) < 4.78 is 1.17. The smallest absolute Gasteiger partial charge is 0.390 e. The maximum absolute atomic E-state index is 9.95. The van der Waals surface area contributed by atoms with Crippen molar-refractivity contribution in [2.24, 2.45) is 0 Å². The van der Waals surface area contributed by atoms with E-state index >= 15 is 0 Å². The Morgan fingerprint density at radius 2 is 2.60 bits per heavy atom. The Labute approximate surface area is 60.6 Å². The highest BCUT2D eigenvalue weighted by atomic mass is 35.5. The summed E-state index contributed by atoms with van der Waals surface area (Å²) in [7, 11) is 0. The molecule has 0 aliphatic carbocycles. The summed E-state index contributed by atoms with van der Waals surface area (Å²) >= 11 is 5.28. The van der Waals surface area contributed by atoms with Gasteiger partial charge in [0.1, 0.15) is 6.00 Å². The molecule has 0 amide bonds. The zero-order valence-corrected chi connectivity index (χ0v) is 5.52. The van der Waals surface area contributed by atoms with Crippen molar-refractivity contribution in [2.45, 2.75) is 6.00 Å². The lowest BCUT2D eigenvalue weighted by Gasteiger charge is -1.83. The third kappa shape index (κ3) is 1.21. The fourth-order valence-electron chi connectivity index (χ4n) is 0.426. The number of aromatic nitrogens is 3. The van der Waals surface area contributed by atoms with Gasteiger partial charge >= 0.3 is 5.95 Å². The van der Waals surface area contributed by atoms with E-state index in [0.29, 0.717) is 0 Å². The summed E-state index contributed by atoms with van der Waals surface area (Å²) in [4.78, 5) is 12.6. The summed E-state index contributed by atoms with van der Waals surface area (Å²) in [6, 6.07) is 0.0703. The first-order chi connectivity index (χ1) is 4.74. The van der Waals surface area contributed by atoms with Crippen molar-refractivity contribution in [3.05, 3.63) is 16.4 Å². The highest BCUT2D eigenvalue weighted by Crippen LogP contribution is 1.99. The minimum absolute atomic E-state index is 0.0703. The first kappa shape index (κ1) is 6.94. The van der Waals surface area contributed by atoms with Crippen LogP contribution < -0.4 is 0 Å². The fraction of sp³-hybridized carbons (Fsp3) is 0.333. The lowest BCUT2D eigenvalue weighted by Crippen LogP contribution is -1.94. The van der Waals surface area contributed by atoms with Crippen LogP contribution >= 0.6 is 11.6 Å². The first-order valence-electron chi connectivity index (χ1n) is 2.34. The van der Waals surface area contributed by atoms with Crippen LogP contribution in [0.15, 0.2) is 6.33 Å². The highest BCUT2D eigenvalue weighted by Gasteiger charge is 2.11. The average Bonchev–Trinajstić information content (AvgIpc) is 2.34. The molecule has 10 heavy (non-hydrogen) atoms. The third-order valence-electron chi connectivity index (χ3n) is 0.810. The molecule has 0 aliphatic heterocycles. The molecule has 0 atom stereocenters. The number of rotatable bonds is 2. The molecule has 7 heteroatoms. The number of nitro groups is 1. The Hall–Kier alpha value is -1.17. The van der Waals surface area contributed by atoms with Crippen LogP contribution in [0.5, 0.6) is 0 Å². The second-order valence-electron chi connectivity index (χ2n) is 1.46. The van der Waals surface area contributed by atoms with Gasteiger partial charge in [-0.1, -0.05) is 16.6 Å². The van der Waals surface area contributed by atoms with Crippen LogP contribution in [0.4, 0.5) is 5.95 Å². The van der Waals surface area contributed by atoms with Crippen molar-refractivity contribution in [1.29, 1.82) is 0 Å². The second-order valence-corrected chi connectivity index (χ2v) is 1.70. The topological polar surface area (TPSA) is 73.8 Å². The molecule has 0 fully saturated rings. The highest BCUT2D eigenvalue weighted by molar-refractivity contribution is 6.15. The van der Waals surface area contributed by atoms with E-state index in [1.165, 1.54) is 11.0 Å². The van der Waals surface area contributed by atoms with Gasteiger partial charge in [0.05, 0.1) is 0 Å². The predicted molar refractivity (Wildman–Crippen MR) is 32.5 cm³/mol. The van der Waals surface area contributed by atoms with Crippen molar-refractivity contribution in [1.82, 2.24) is 14.8 Å². The van der Waals surface area contributed by atoms with E-state index in [4.69, 9.17) is 11.6 Å². The normalized spacial score (nSPS) is 9.70. The van der Waals surface area contributed by atoms with Crippen LogP contribution in [0.2, 0.25) is 0 Å². The first-order valence-corrected chi connectivity index (χ1v) is 2.87. The van der Waals surface area contributed by atoms with E-state index in [0.717, 1.165) is 0 Å². The van der Waals surface area contributed by atoms with E-state index in [9.17, 15) is 10.1 Å². The van der Waals surface area contributed by atoms with Crippen LogP contribution in [0.3, 0.4) is 0 Å². The van der Waals surface area contributed by atoms with Crippen molar-refractivity contribution in [3.63, 3.8) is 0 Å². The monoisotopic (exact) mass is 162 g/mol. The van der Waals surface area contributed by atoms with E-state index in [1.807, 2.05) is 0 Å². The molecule has 1 rings (SSSR count). The quantitative estimate of drug-likeness (QED) is 0.358. The van der Waals surface area contributed by atoms with Crippen molar-refractivity contribution in [2.75, 3.05) is 0 Å². The molecule has 0 unspecified atom stereocenters. The van der Waals surface area contributed by atoms with E-state index < -0.39 is 10.9 Å². The molecular formula is C3H3ClN4O2. The SMILES string of the molecule is O=[N+]([O-])c1ncn(CCl)n1. The molecule has 0 aromatic carbocycles. The van der Waals surface area contributed by atoms with Gasteiger partial charge in [0.25, 0.3) is 0 Å². The Kier molecular flexibility index (Phi) is 1.81. The maximum atomic E-state index is 9.95. The van der Waals surface area contributed by atoms with Crippen LogP contribution in [-0.4, -0.2) is 19.7 Å². The van der Waals surface area contributed by atoms with Gasteiger partial charge in [-0.15, -0.1) is 0 Å². The molecule has 1 aromatic heterocycles. The van der Waals surface area contributed by atoms with Crippen LogP contribution in [0, 0.1) is 10.1 Å². The van der Waals surface area contributed by atoms with Crippen molar-refractivity contribution in [3.8, 4) is 0 Å². The predicted octanol–water partition coefficient (Wildman–Crippen LogP) is 0.383. The Morgan fingerprint density at radius 3 is 2.90 bits per heavy atom. The summed E-state index contributed by atoms with van der Waals surface area (Å²) in [5, 5.41) is 13.4. The third-order valence-corrected chi connectivity index (χ3v) is 1.06. The molecule has 0 spiro atoms. The summed E-state index contributed by atoms with van der Waals surface area (Å²) in [6.07, 6.45) is 1.20. The van der Waals surface area contributed by atoms with Gasteiger partial charge in [0.15, 0.2) is 0 Å². The van der Waals surface area contributed by atoms with Crippen LogP contribution in [0.25, 0.3) is 0 Å². The van der Waals surface area contributed by atoms with E-state index in [1.54, 1.807) is 0 Å². The maximum Gasteiger partial charge on any atom is 0.490 e. The molecule has 54 valence electrons. The average molecular weight is 163 g/mol. The zero-order valence-electron chi connectivity index (χ0n) is 4.77. The molecule has 6 nitrogen and oxygen atoms in total. The minimum atomic E-state index is -0.678. The summed E-state index contributed by atoms with van der Waals surface area (Å²) in [5.74, 6) is -0.430. The molecule has 0 radical (unpaired) electrons. The van der Waals surface area contributed by atoms with Gasteiger partial charge in [-0.2, -0.15) is 4.68 Å². The van der Waals surface area contributed by atoms with Gasteiger partial charge in [-0.05, 0) is 4.92 Å². The van der Waals surface area contributed by atoms with E-state index in [2.05, 4.69) is 10.1 Å². The lowest BCUT2D eigenvalue weighted by atomic mass is 11.1. The van der Waals surface area contributed by atoms with Crippen molar-refractivity contribution < 1.29 is 4.92 Å². The molecule has 0 N–H and O–H groups in total. The molecule has 0 aliphatic rings. The van der Waals surface area contributed by atoms with Gasteiger partial charge in [0.2, 0.25) is 6.33 Å². The number of hydrogen-bond donors (Lipinski definition) is 0. The number of nitrogens with zero attached hydrogens (tertiary/aromatic N) is 4. The Balaban J connectivity index is 2.88. The summed E-state index contributed by atoms with van der Waals surface area (Å²) in [6.45, 7) is 0. The van der Waals surface area contributed by atoms with Crippen molar-refractivity contribution >= 4 is 17.5 Å². The molecule has 1 heterocycles. The standard InChI is InChI=1S/C3H3ClN4O2/c4-1-7-2-5-3(6-7)8(9)10/h2H,1H2. The summed E-state index contributed by atoms with van der Waals surface area (Å²) in [5.41, 5.74) is 0. The van der Waals surface area contributed by atoms with Crippen LogP contribution in [0.1, 0.15) is 0 Å². The Morgan fingerprint density at radius 1 is 1.90 bits per heavy atom. The number of hydrogen-bond acceptors (Lipinski definition) is 4. The largest absolute Gasteiger partial charge is 0.490 e. The van der Waals surface area contributed by atoms with E-state index in [-0.39, 0.29) is 6.00 Å². The second kappa shape index (κ2) is 2.61. The fourth-order valence-corrected chi connectivity index (χ4v) is 0.541. The molecular weight excluding hydrogens is 160 g/mol. The van der Waals surface area contributed by atoms with Gasteiger partial charge in [-0.25, -0.2) is 0 Å². The zero-order chi connectivity index (χ0) is 7.56. The minimum Gasteiger partial charge on any atom is -0.390 e. The van der Waals surface area contributed by atoms with Gasteiger partial charge in [0, 0.05) is 5.10 Å². The molecule has 1 aromatic rings. The van der Waals surface area contributed by atoms with Gasteiger partial charge < -0.3 is 10.1 Å². The Bertz CT molecular complexity index is 246. The molecule has 0 saturated carbocycles. The number of halogens is 1. The molecule has 0 saturated heterocycles. The number of alkyl halides is 1.